The van der Waals surface area contributed by atoms with E-state index in [1.165, 1.54) is 11.0 Å². The van der Waals surface area contributed by atoms with Crippen molar-refractivity contribution in [2.45, 2.75) is 26.7 Å². The summed E-state index contributed by atoms with van der Waals surface area (Å²) in [6, 6.07) is 10.7. The van der Waals surface area contributed by atoms with Gasteiger partial charge in [-0.05, 0) is 67.4 Å². The Morgan fingerprint density at radius 2 is 1.94 bits per heavy atom. The second kappa shape index (κ2) is 9.57. The molecule has 2 N–H and O–H groups in total. The number of nitrogens with one attached hydrogen (secondary N) is 1. The average Bonchev–Trinajstić information content (AvgIpc) is 2.74. The maximum absolute atomic E-state index is 13.3. The van der Waals surface area contributed by atoms with E-state index >= 15 is 0 Å². The summed E-state index contributed by atoms with van der Waals surface area (Å²) < 4.78 is 5.51. The Bertz CT molecular complexity index is 1090. The van der Waals surface area contributed by atoms with Gasteiger partial charge in [-0.1, -0.05) is 31.2 Å². The number of anilines is 1. The minimum absolute atomic E-state index is 0.0167. The lowest BCUT2D eigenvalue weighted by Gasteiger charge is -2.30. The molecule has 1 saturated heterocycles. The van der Waals surface area contributed by atoms with Crippen molar-refractivity contribution in [2.24, 2.45) is 0 Å². The quantitative estimate of drug-likeness (QED) is 0.298. The number of phenolic OH excluding ortho intramolecular Hbond substituents is 1. The number of nitrogens with zero attached hydrogens (tertiary/aromatic N) is 1. The van der Waals surface area contributed by atoms with Crippen LogP contribution in [-0.4, -0.2) is 28.6 Å². The van der Waals surface area contributed by atoms with Crippen LogP contribution >= 0.6 is 12.2 Å². The molecule has 3 rings (SSSR count). The number of amides is 2. The van der Waals surface area contributed by atoms with Gasteiger partial charge in [0.25, 0.3) is 11.8 Å². The molecular weight excluding hydrogens is 412 g/mol. The van der Waals surface area contributed by atoms with Crippen molar-refractivity contribution in [1.82, 2.24) is 5.32 Å². The fraction of sp³-hybridized carbons (Fsp3) is 0.208. The molecule has 0 saturated carbocycles. The van der Waals surface area contributed by atoms with Crippen LogP contribution in [0.15, 0.2) is 54.6 Å². The first-order valence-electron chi connectivity index (χ1n) is 10.00. The highest BCUT2D eigenvalue weighted by Crippen LogP contribution is 2.34. The molecule has 0 atom stereocenters. The predicted octanol–water partition coefficient (Wildman–Crippen LogP) is 3.91. The molecule has 1 heterocycles. The van der Waals surface area contributed by atoms with E-state index in [4.69, 9.17) is 17.0 Å². The molecule has 160 valence electrons. The number of thiocarbonyl (C=S) groups is 1. The van der Waals surface area contributed by atoms with Crippen LogP contribution in [0.3, 0.4) is 0 Å². The van der Waals surface area contributed by atoms with E-state index in [-0.39, 0.29) is 22.2 Å². The first kappa shape index (κ1) is 22.2. The van der Waals surface area contributed by atoms with E-state index < -0.39 is 11.8 Å². The number of phenols is 1. The number of benzene rings is 2. The number of carbonyl (C=O) groups excluding carboxylic acids is 2. The third kappa shape index (κ3) is 4.51. The smallest absolute Gasteiger partial charge is 0.270 e. The Morgan fingerprint density at radius 3 is 2.61 bits per heavy atom. The zero-order chi connectivity index (χ0) is 22.5. The van der Waals surface area contributed by atoms with Crippen molar-refractivity contribution in [2.75, 3.05) is 11.5 Å². The number of hydrogen-bond donors (Lipinski definition) is 2. The van der Waals surface area contributed by atoms with Crippen LogP contribution in [0, 0.1) is 0 Å². The van der Waals surface area contributed by atoms with Crippen LogP contribution in [0.25, 0.3) is 6.08 Å². The van der Waals surface area contributed by atoms with Crippen molar-refractivity contribution < 1.29 is 19.4 Å². The third-order valence-corrected chi connectivity index (χ3v) is 5.15. The van der Waals surface area contributed by atoms with Gasteiger partial charge in [0, 0.05) is 5.56 Å². The monoisotopic (exact) mass is 436 g/mol. The van der Waals surface area contributed by atoms with Gasteiger partial charge < -0.3 is 9.84 Å². The van der Waals surface area contributed by atoms with Crippen LogP contribution in [0.1, 0.15) is 30.5 Å². The van der Waals surface area contributed by atoms with Crippen molar-refractivity contribution >= 4 is 40.9 Å². The SMILES string of the molecule is C=CCc1cc(C=C2C(=O)NC(=S)N(c3ccccc3CC)C2=O)cc(OCC)c1O. The third-order valence-electron chi connectivity index (χ3n) is 4.87. The van der Waals surface area contributed by atoms with Crippen LogP contribution in [0.2, 0.25) is 0 Å². The molecular formula is C24H24N2O4S. The number of aromatic hydroxyl groups is 1. The maximum atomic E-state index is 13.3. The second-order valence-corrected chi connectivity index (χ2v) is 7.28. The lowest BCUT2D eigenvalue weighted by molar-refractivity contribution is -0.122. The molecule has 2 amide bonds. The fourth-order valence-electron chi connectivity index (χ4n) is 3.42. The van der Waals surface area contributed by atoms with Gasteiger partial charge in [0.1, 0.15) is 5.57 Å². The lowest BCUT2D eigenvalue weighted by Crippen LogP contribution is -2.54. The first-order valence-corrected chi connectivity index (χ1v) is 10.4. The molecule has 2 aromatic rings. The summed E-state index contributed by atoms with van der Waals surface area (Å²) in [7, 11) is 0. The van der Waals surface area contributed by atoms with Crippen LogP contribution in [0.4, 0.5) is 5.69 Å². The van der Waals surface area contributed by atoms with Crippen molar-refractivity contribution in [3.8, 4) is 11.5 Å². The van der Waals surface area contributed by atoms with Crippen molar-refractivity contribution in [3.63, 3.8) is 0 Å². The number of ether oxygens (including phenoxy) is 1. The molecule has 2 aromatic carbocycles. The first-order chi connectivity index (χ1) is 14.9. The number of carbonyl (C=O) groups is 2. The zero-order valence-electron chi connectivity index (χ0n) is 17.5. The Labute approximate surface area is 186 Å². The maximum Gasteiger partial charge on any atom is 0.270 e. The molecule has 1 fully saturated rings. The van der Waals surface area contributed by atoms with E-state index in [0.29, 0.717) is 36.3 Å². The summed E-state index contributed by atoms with van der Waals surface area (Å²) in [4.78, 5) is 27.3. The molecule has 0 aliphatic carbocycles. The summed E-state index contributed by atoms with van der Waals surface area (Å²) in [6.45, 7) is 7.85. The molecule has 1 aliphatic heterocycles. The van der Waals surface area contributed by atoms with Gasteiger partial charge in [0.15, 0.2) is 16.6 Å². The summed E-state index contributed by atoms with van der Waals surface area (Å²) in [5, 5.41) is 13.0. The van der Waals surface area contributed by atoms with Gasteiger partial charge in [0.2, 0.25) is 0 Å². The highest BCUT2D eigenvalue weighted by Gasteiger charge is 2.35. The molecule has 0 aromatic heterocycles. The summed E-state index contributed by atoms with van der Waals surface area (Å²) in [5.74, 6) is -0.786. The number of para-hydroxylation sites is 1. The fourth-order valence-corrected chi connectivity index (χ4v) is 3.69. The summed E-state index contributed by atoms with van der Waals surface area (Å²) in [6.07, 6.45) is 4.25. The summed E-state index contributed by atoms with van der Waals surface area (Å²) >= 11 is 5.30. The van der Waals surface area contributed by atoms with Gasteiger partial charge in [0.05, 0.1) is 12.3 Å². The Balaban J connectivity index is 2.09. The van der Waals surface area contributed by atoms with Crippen LogP contribution in [0.5, 0.6) is 11.5 Å². The minimum atomic E-state index is -0.573. The summed E-state index contributed by atoms with van der Waals surface area (Å²) in [5.41, 5.74) is 2.65. The molecule has 31 heavy (non-hydrogen) atoms. The minimum Gasteiger partial charge on any atom is -0.504 e. The predicted molar refractivity (Wildman–Crippen MR) is 125 cm³/mol. The molecule has 0 bridgehead atoms. The van der Waals surface area contributed by atoms with E-state index in [0.717, 1.165) is 5.56 Å². The number of aryl methyl sites for hydroxylation is 1. The highest BCUT2D eigenvalue weighted by atomic mass is 32.1. The highest BCUT2D eigenvalue weighted by molar-refractivity contribution is 7.80. The van der Waals surface area contributed by atoms with Crippen LogP contribution in [-0.2, 0) is 22.4 Å². The molecule has 0 spiro atoms. The number of allylic oxidation sites excluding steroid dienone is 1. The van der Waals surface area contributed by atoms with E-state index in [9.17, 15) is 14.7 Å². The van der Waals surface area contributed by atoms with Gasteiger partial charge in [-0.3, -0.25) is 19.8 Å². The van der Waals surface area contributed by atoms with Crippen molar-refractivity contribution in [3.05, 3.63) is 71.3 Å². The van der Waals surface area contributed by atoms with Gasteiger partial charge in [-0.25, -0.2) is 0 Å². The van der Waals surface area contributed by atoms with Crippen molar-refractivity contribution in [1.29, 1.82) is 0 Å². The zero-order valence-corrected chi connectivity index (χ0v) is 18.3. The van der Waals surface area contributed by atoms with Gasteiger partial charge in [-0.15, -0.1) is 6.58 Å². The Hall–Kier alpha value is -3.45. The lowest BCUT2D eigenvalue weighted by atomic mass is 10.0. The molecule has 6 nitrogen and oxygen atoms in total. The largest absolute Gasteiger partial charge is 0.504 e. The molecule has 1 aliphatic rings. The Kier molecular flexibility index (Phi) is 6.87. The molecule has 0 radical (unpaired) electrons. The van der Waals surface area contributed by atoms with Gasteiger partial charge >= 0.3 is 0 Å². The van der Waals surface area contributed by atoms with E-state index in [1.54, 1.807) is 31.2 Å². The molecule has 7 heteroatoms. The molecule has 0 unspecified atom stereocenters. The van der Waals surface area contributed by atoms with E-state index in [2.05, 4.69) is 11.9 Å². The second-order valence-electron chi connectivity index (χ2n) is 6.89. The number of hydrogen-bond acceptors (Lipinski definition) is 5. The number of rotatable bonds is 7. The van der Waals surface area contributed by atoms with Gasteiger partial charge in [-0.2, -0.15) is 0 Å². The van der Waals surface area contributed by atoms with Crippen LogP contribution < -0.4 is 15.0 Å². The average molecular weight is 437 g/mol. The van der Waals surface area contributed by atoms with E-state index in [1.807, 2.05) is 25.1 Å². The standard InChI is InChI=1S/C24H24N2O4S/c1-4-9-17-12-15(14-20(21(17)27)30-6-3)13-18-22(28)25-24(31)26(23(18)29)19-11-8-7-10-16(19)5-2/h4,7-8,10-14,27H,1,5-6,9H2,2-3H3,(H,25,28,31). The normalized spacial score (nSPS) is 15.2. The Morgan fingerprint density at radius 1 is 1.19 bits per heavy atom. The topological polar surface area (TPSA) is 78.9 Å².